The van der Waals surface area contributed by atoms with Crippen LogP contribution in [0.3, 0.4) is 0 Å². The summed E-state index contributed by atoms with van der Waals surface area (Å²) in [7, 11) is -2.05. The van der Waals surface area contributed by atoms with Crippen LogP contribution in [-0.4, -0.2) is 32.3 Å². The van der Waals surface area contributed by atoms with E-state index in [0.29, 0.717) is 17.0 Å². The molecule has 1 atom stereocenters. The molecule has 6 nitrogen and oxygen atoms in total. The van der Waals surface area contributed by atoms with Crippen molar-refractivity contribution >= 4 is 10.1 Å². The molecule has 1 unspecified atom stereocenters. The van der Waals surface area contributed by atoms with Crippen molar-refractivity contribution in [3.05, 3.63) is 11.1 Å². The zero-order valence-corrected chi connectivity index (χ0v) is 22.8. The molecule has 7 heteroatoms. The Morgan fingerprint density at radius 3 is 1.72 bits per heavy atom. The van der Waals surface area contributed by atoms with Crippen molar-refractivity contribution in [1.29, 1.82) is 0 Å². The molecule has 32 heavy (non-hydrogen) atoms. The third kappa shape index (κ3) is 6.10. The number of aromatic hydroxyl groups is 1. The number of phenols is 1. The van der Waals surface area contributed by atoms with Crippen LogP contribution in [0.2, 0.25) is 0 Å². The SMILES string of the molecule is COc1c(C)c(C(C(C)(C)CC(C)C)C(C)(C)CC(C)(C)C)c(OC)c(S(=O)(=O)O)c1O. The largest absolute Gasteiger partial charge is 0.503 e. The Bertz CT molecular complexity index is 921. The second-order valence-electron chi connectivity index (χ2n) is 12.0. The van der Waals surface area contributed by atoms with Crippen molar-refractivity contribution in [1.82, 2.24) is 0 Å². The highest BCUT2D eigenvalue weighted by Crippen LogP contribution is 2.60. The lowest BCUT2D eigenvalue weighted by molar-refractivity contribution is 0.0762. The molecule has 1 aromatic rings. The van der Waals surface area contributed by atoms with E-state index in [1.807, 2.05) is 0 Å². The maximum absolute atomic E-state index is 12.4. The van der Waals surface area contributed by atoms with Crippen molar-refractivity contribution in [3.8, 4) is 17.2 Å². The fourth-order valence-electron chi connectivity index (χ4n) is 6.32. The minimum absolute atomic E-state index is 0.0176. The van der Waals surface area contributed by atoms with Crippen LogP contribution in [0.15, 0.2) is 4.90 Å². The van der Waals surface area contributed by atoms with Gasteiger partial charge in [-0.25, -0.2) is 0 Å². The first-order valence-electron chi connectivity index (χ1n) is 11.2. The zero-order chi connectivity index (χ0) is 25.4. The topological polar surface area (TPSA) is 93.1 Å². The molecule has 0 aromatic heterocycles. The molecular formula is C25H44O6S. The first-order chi connectivity index (χ1) is 14.2. The number of rotatable bonds is 9. The van der Waals surface area contributed by atoms with Crippen LogP contribution in [0.4, 0.5) is 0 Å². The predicted octanol–water partition coefficient (Wildman–Crippen LogP) is 6.58. The van der Waals surface area contributed by atoms with Gasteiger partial charge in [0, 0.05) is 11.1 Å². The van der Waals surface area contributed by atoms with E-state index in [2.05, 4.69) is 62.3 Å². The van der Waals surface area contributed by atoms with Crippen LogP contribution in [0.25, 0.3) is 0 Å². The molecule has 0 saturated heterocycles. The molecule has 1 rings (SSSR count). The lowest BCUT2D eigenvalue weighted by atomic mass is 9.56. The molecule has 0 heterocycles. The number of methoxy groups -OCH3 is 2. The van der Waals surface area contributed by atoms with E-state index in [4.69, 9.17) is 9.47 Å². The Kier molecular flexibility index (Phi) is 8.40. The first-order valence-corrected chi connectivity index (χ1v) is 12.6. The lowest BCUT2D eigenvalue weighted by Gasteiger charge is -2.49. The summed E-state index contributed by atoms with van der Waals surface area (Å²) in [5, 5.41) is 10.7. The van der Waals surface area contributed by atoms with E-state index in [1.165, 1.54) is 14.2 Å². The minimum Gasteiger partial charge on any atom is -0.503 e. The summed E-state index contributed by atoms with van der Waals surface area (Å²) in [6.07, 6.45) is 1.75. The van der Waals surface area contributed by atoms with Crippen molar-refractivity contribution in [2.45, 2.75) is 92.9 Å². The highest BCUT2D eigenvalue weighted by molar-refractivity contribution is 7.86. The molecule has 0 saturated carbocycles. The van der Waals surface area contributed by atoms with Gasteiger partial charge in [-0.2, -0.15) is 8.42 Å². The van der Waals surface area contributed by atoms with Crippen LogP contribution in [0.1, 0.15) is 92.2 Å². The van der Waals surface area contributed by atoms with E-state index in [1.54, 1.807) is 6.92 Å². The second-order valence-corrected chi connectivity index (χ2v) is 13.4. The van der Waals surface area contributed by atoms with Gasteiger partial charge in [0.15, 0.2) is 16.4 Å². The smallest absolute Gasteiger partial charge is 0.302 e. The summed E-state index contributed by atoms with van der Waals surface area (Å²) < 4.78 is 45.8. The third-order valence-corrected chi connectivity index (χ3v) is 6.96. The van der Waals surface area contributed by atoms with Crippen molar-refractivity contribution in [2.24, 2.45) is 22.2 Å². The highest BCUT2D eigenvalue weighted by atomic mass is 32.2. The Labute approximate surface area is 195 Å². The number of phenolic OH excluding ortho intramolecular Hbond substituents is 1. The summed E-state index contributed by atoms with van der Waals surface area (Å²) in [5.74, 6) is -0.384. The van der Waals surface area contributed by atoms with Gasteiger partial charge in [-0.15, -0.1) is 0 Å². The first kappa shape index (κ1) is 28.6. The van der Waals surface area contributed by atoms with Gasteiger partial charge < -0.3 is 14.6 Å². The molecule has 0 bridgehead atoms. The van der Waals surface area contributed by atoms with Crippen molar-refractivity contribution in [3.63, 3.8) is 0 Å². The van der Waals surface area contributed by atoms with E-state index < -0.39 is 20.8 Å². The Hall–Kier alpha value is -1.47. The zero-order valence-electron chi connectivity index (χ0n) is 22.0. The molecule has 186 valence electrons. The molecule has 0 aliphatic heterocycles. The number of hydrogen-bond acceptors (Lipinski definition) is 5. The fraction of sp³-hybridized carbons (Fsp3) is 0.760. The van der Waals surface area contributed by atoms with Gasteiger partial charge in [0.25, 0.3) is 0 Å². The molecular weight excluding hydrogens is 428 g/mol. The Balaban J connectivity index is 4.24. The second kappa shape index (κ2) is 9.41. The molecule has 0 spiro atoms. The molecule has 0 aliphatic rings. The summed E-state index contributed by atoms with van der Waals surface area (Å²) in [6, 6.07) is 0. The summed E-state index contributed by atoms with van der Waals surface area (Å²) in [6.45, 7) is 21.5. The van der Waals surface area contributed by atoms with Crippen molar-refractivity contribution in [2.75, 3.05) is 14.2 Å². The third-order valence-electron chi connectivity index (χ3n) is 6.06. The average Bonchev–Trinajstić information content (AvgIpc) is 2.51. The Morgan fingerprint density at radius 2 is 1.38 bits per heavy atom. The quantitative estimate of drug-likeness (QED) is 0.394. The number of ether oxygens (including phenoxy) is 2. The highest BCUT2D eigenvalue weighted by Gasteiger charge is 2.47. The summed E-state index contributed by atoms with van der Waals surface area (Å²) >= 11 is 0. The molecule has 1 aromatic carbocycles. The van der Waals surface area contributed by atoms with Gasteiger partial charge in [0.05, 0.1) is 14.2 Å². The lowest BCUT2D eigenvalue weighted by Crippen LogP contribution is -2.38. The van der Waals surface area contributed by atoms with Gasteiger partial charge in [0.2, 0.25) is 0 Å². The van der Waals surface area contributed by atoms with Crippen LogP contribution in [0, 0.1) is 29.1 Å². The average molecular weight is 473 g/mol. The van der Waals surface area contributed by atoms with E-state index in [0.717, 1.165) is 12.8 Å². The summed E-state index contributed by atoms with van der Waals surface area (Å²) in [5.41, 5.74) is 0.726. The van der Waals surface area contributed by atoms with Crippen LogP contribution < -0.4 is 9.47 Å². The number of benzene rings is 1. The normalized spacial score (nSPS) is 14.6. The number of hydrogen-bond donors (Lipinski definition) is 2. The molecule has 2 N–H and O–H groups in total. The summed E-state index contributed by atoms with van der Waals surface area (Å²) in [4.78, 5) is -0.644. The van der Waals surface area contributed by atoms with Gasteiger partial charge >= 0.3 is 10.1 Å². The van der Waals surface area contributed by atoms with Crippen LogP contribution in [0.5, 0.6) is 17.2 Å². The van der Waals surface area contributed by atoms with E-state index in [9.17, 15) is 18.1 Å². The fourth-order valence-corrected chi connectivity index (χ4v) is 7.09. The van der Waals surface area contributed by atoms with Crippen LogP contribution >= 0.6 is 0 Å². The van der Waals surface area contributed by atoms with E-state index in [-0.39, 0.29) is 33.7 Å². The molecule has 0 amide bonds. The maximum Gasteiger partial charge on any atom is 0.302 e. The molecule has 0 aliphatic carbocycles. The van der Waals surface area contributed by atoms with Gasteiger partial charge in [-0.1, -0.05) is 62.3 Å². The van der Waals surface area contributed by atoms with Gasteiger partial charge in [0.1, 0.15) is 5.75 Å². The maximum atomic E-state index is 12.4. The monoisotopic (exact) mass is 472 g/mol. The van der Waals surface area contributed by atoms with E-state index >= 15 is 0 Å². The molecule has 0 radical (unpaired) electrons. The molecule has 0 fully saturated rings. The van der Waals surface area contributed by atoms with Crippen LogP contribution in [-0.2, 0) is 10.1 Å². The standard InChI is InChI=1S/C25H44O6S/c1-15(2)13-24(7,8)22(25(9,10)14-23(4,5)6)17-16(3)19(30-11)18(26)21(20(17)31-12)32(27,28)29/h15,22,26H,13-14H2,1-12H3,(H,27,28,29). The Morgan fingerprint density at radius 1 is 0.906 bits per heavy atom. The predicted molar refractivity (Wildman–Crippen MR) is 130 cm³/mol. The van der Waals surface area contributed by atoms with Gasteiger partial charge in [-0.3, -0.25) is 4.55 Å². The minimum atomic E-state index is -4.79. The van der Waals surface area contributed by atoms with Gasteiger partial charge in [-0.05, 0) is 47.8 Å². The van der Waals surface area contributed by atoms with Crippen molar-refractivity contribution < 1.29 is 27.6 Å².